The lowest BCUT2D eigenvalue weighted by atomic mass is 10.0. The van der Waals surface area contributed by atoms with Gasteiger partial charge in [-0.05, 0) is 64.7 Å². The number of aromatic nitrogens is 1. The first kappa shape index (κ1) is 23.8. The maximum atomic E-state index is 12.5. The summed E-state index contributed by atoms with van der Waals surface area (Å²) in [4.78, 5) is 29.3. The molecular formula is C22H28N4O3. The highest BCUT2D eigenvalue weighted by Gasteiger charge is 2.13. The van der Waals surface area contributed by atoms with Crippen LogP contribution >= 0.6 is 0 Å². The van der Waals surface area contributed by atoms with E-state index < -0.39 is 0 Å². The van der Waals surface area contributed by atoms with E-state index in [2.05, 4.69) is 16.0 Å². The van der Waals surface area contributed by atoms with E-state index in [9.17, 15) is 4.79 Å². The van der Waals surface area contributed by atoms with Gasteiger partial charge in [0.05, 0.1) is 17.0 Å². The molecule has 1 heterocycles. The van der Waals surface area contributed by atoms with Gasteiger partial charge in [-0.1, -0.05) is 12.1 Å². The maximum Gasteiger partial charge on any atom is 0.290 e. The molecule has 0 saturated heterocycles. The largest absolute Gasteiger partial charge is 0.483 e. The molecule has 0 aliphatic rings. The molecule has 0 atom stereocenters. The Morgan fingerprint density at radius 1 is 1.17 bits per heavy atom. The Morgan fingerprint density at radius 2 is 1.76 bits per heavy atom. The van der Waals surface area contributed by atoms with Crippen LogP contribution in [0.5, 0.6) is 0 Å². The van der Waals surface area contributed by atoms with Crippen molar-refractivity contribution < 1.29 is 14.7 Å². The fourth-order valence-corrected chi connectivity index (χ4v) is 2.88. The second-order valence-electron chi connectivity index (χ2n) is 6.96. The van der Waals surface area contributed by atoms with Crippen LogP contribution in [0.2, 0.25) is 0 Å². The van der Waals surface area contributed by atoms with Crippen LogP contribution < -0.4 is 0 Å². The monoisotopic (exact) mass is 396 g/mol. The van der Waals surface area contributed by atoms with Gasteiger partial charge in [-0.2, -0.15) is 5.26 Å². The second kappa shape index (κ2) is 11.6. The number of carbonyl (C=O) groups is 2. The third-order valence-electron chi connectivity index (χ3n) is 4.38. The summed E-state index contributed by atoms with van der Waals surface area (Å²) >= 11 is 0. The van der Waals surface area contributed by atoms with Crippen LogP contribution in [0.1, 0.15) is 33.6 Å². The summed E-state index contributed by atoms with van der Waals surface area (Å²) in [6.07, 6.45) is 0.945. The van der Waals surface area contributed by atoms with Crippen LogP contribution in [0.3, 0.4) is 0 Å². The molecule has 154 valence electrons. The Bertz CT molecular complexity index is 848. The topological polar surface area (TPSA) is 97.5 Å². The Morgan fingerprint density at radius 3 is 2.24 bits per heavy atom. The highest BCUT2D eigenvalue weighted by atomic mass is 16.3. The number of pyridine rings is 1. The molecule has 7 heteroatoms. The number of aryl methyl sites for hydroxylation is 2. The number of hydrogen-bond donors (Lipinski definition) is 1. The van der Waals surface area contributed by atoms with Crippen molar-refractivity contribution in [2.45, 2.75) is 20.3 Å². The van der Waals surface area contributed by atoms with Gasteiger partial charge in [0.1, 0.15) is 6.07 Å². The van der Waals surface area contributed by atoms with E-state index in [1.54, 1.807) is 4.90 Å². The third-order valence-corrected chi connectivity index (χ3v) is 4.38. The summed E-state index contributed by atoms with van der Waals surface area (Å²) in [5.74, 6) is 0.0236. The molecule has 0 fully saturated rings. The van der Waals surface area contributed by atoms with Crippen molar-refractivity contribution in [3.63, 3.8) is 0 Å². The predicted molar refractivity (Wildman–Crippen MR) is 113 cm³/mol. The van der Waals surface area contributed by atoms with E-state index in [0.717, 1.165) is 42.0 Å². The summed E-state index contributed by atoms with van der Waals surface area (Å²) < 4.78 is 0. The number of nitrogens with zero attached hydrogens (tertiary/aromatic N) is 4. The molecule has 1 amide bonds. The van der Waals surface area contributed by atoms with Crippen molar-refractivity contribution in [3.05, 3.63) is 52.7 Å². The SMILES string of the molecule is Cc1cc(-c2ccc(C(=O)N(C)CCCN(C)C)cc2)nc(C)c1C#N.O=CO. The van der Waals surface area contributed by atoms with Gasteiger partial charge >= 0.3 is 0 Å². The third kappa shape index (κ3) is 7.01. The minimum Gasteiger partial charge on any atom is -0.483 e. The lowest BCUT2D eigenvalue weighted by molar-refractivity contribution is -0.122. The molecule has 0 bridgehead atoms. The highest BCUT2D eigenvalue weighted by molar-refractivity contribution is 5.94. The molecule has 29 heavy (non-hydrogen) atoms. The van der Waals surface area contributed by atoms with Gasteiger partial charge in [0.25, 0.3) is 12.4 Å². The van der Waals surface area contributed by atoms with Gasteiger partial charge < -0.3 is 14.9 Å². The minimum absolute atomic E-state index is 0.0236. The maximum absolute atomic E-state index is 12.5. The molecule has 1 N–H and O–H groups in total. The van der Waals surface area contributed by atoms with E-state index in [4.69, 9.17) is 15.2 Å². The Hall–Kier alpha value is -3.24. The van der Waals surface area contributed by atoms with E-state index >= 15 is 0 Å². The average Bonchev–Trinajstić information content (AvgIpc) is 2.67. The summed E-state index contributed by atoms with van der Waals surface area (Å²) in [5, 5.41) is 16.1. The highest BCUT2D eigenvalue weighted by Crippen LogP contribution is 2.22. The Kier molecular flexibility index (Phi) is 9.49. The van der Waals surface area contributed by atoms with E-state index in [0.29, 0.717) is 11.1 Å². The van der Waals surface area contributed by atoms with Crippen LogP contribution in [0.25, 0.3) is 11.3 Å². The fourth-order valence-electron chi connectivity index (χ4n) is 2.88. The quantitative estimate of drug-likeness (QED) is 0.754. The average molecular weight is 396 g/mol. The van der Waals surface area contributed by atoms with Crippen molar-refractivity contribution >= 4 is 12.4 Å². The first-order valence-electron chi connectivity index (χ1n) is 9.22. The van der Waals surface area contributed by atoms with Crippen molar-refractivity contribution in [1.29, 1.82) is 5.26 Å². The molecule has 0 radical (unpaired) electrons. The van der Waals surface area contributed by atoms with Crippen LogP contribution in [0.15, 0.2) is 30.3 Å². The Balaban J connectivity index is 0.00000132. The van der Waals surface area contributed by atoms with Gasteiger partial charge in [-0.15, -0.1) is 0 Å². The predicted octanol–water partition coefficient (Wildman–Crippen LogP) is 2.96. The number of benzene rings is 1. The van der Waals surface area contributed by atoms with Gasteiger partial charge in [0.2, 0.25) is 0 Å². The van der Waals surface area contributed by atoms with Gasteiger partial charge in [-0.3, -0.25) is 14.6 Å². The lowest BCUT2D eigenvalue weighted by Gasteiger charge is -2.18. The molecule has 1 aromatic carbocycles. The number of rotatable bonds is 6. The van der Waals surface area contributed by atoms with Crippen molar-refractivity contribution in [2.24, 2.45) is 0 Å². The minimum atomic E-state index is -0.250. The number of hydrogen-bond acceptors (Lipinski definition) is 5. The second-order valence-corrected chi connectivity index (χ2v) is 6.96. The summed E-state index contributed by atoms with van der Waals surface area (Å²) in [5.41, 5.74) is 4.69. The molecule has 1 aromatic heterocycles. The molecule has 0 saturated carbocycles. The Labute approximate surface area is 172 Å². The molecular weight excluding hydrogens is 368 g/mol. The molecule has 7 nitrogen and oxygen atoms in total. The van der Waals surface area contributed by atoms with E-state index in [1.165, 1.54) is 0 Å². The van der Waals surface area contributed by atoms with Crippen LogP contribution in [-0.2, 0) is 4.79 Å². The van der Waals surface area contributed by atoms with Crippen LogP contribution in [-0.4, -0.2) is 66.5 Å². The van der Waals surface area contributed by atoms with Gasteiger partial charge in [-0.25, -0.2) is 0 Å². The number of nitriles is 1. The molecule has 0 unspecified atom stereocenters. The van der Waals surface area contributed by atoms with E-state index in [-0.39, 0.29) is 12.4 Å². The number of amides is 1. The number of carbonyl (C=O) groups excluding carboxylic acids is 1. The lowest BCUT2D eigenvalue weighted by Crippen LogP contribution is -2.29. The van der Waals surface area contributed by atoms with E-state index in [1.807, 2.05) is 65.3 Å². The molecule has 0 aliphatic heterocycles. The van der Waals surface area contributed by atoms with Crippen molar-refractivity contribution in [2.75, 3.05) is 34.2 Å². The molecule has 2 rings (SSSR count). The standard InChI is InChI=1S/C21H26N4O.CH2O2/c1-15-13-20(23-16(2)19(15)14-22)17-7-9-18(10-8-17)21(26)25(5)12-6-11-24(3)4;2-1-3/h7-10,13H,6,11-12H2,1-5H3;1H,(H,2,3). The van der Waals surface area contributed by atoms with Crippen molar-refractivity contribution in [3.8, 4) is 17.3 Å². The zero-order chi connectivity index (χ0) is 22.0. The molecule has 2 aromatic rings. The zero-order valence-electron chi connectivity index (χ0n) is 17.6. The summed E-state index contributed by atoms with van der Waals surface area (Å²) in [6.45, 7) is 5.20. The smallest absolute Gasteiger partial charge is 0.290 e. The van der Waals surface area contributed by atoms with Gasteiger partial charge in [0, 0.05) is 24.7 Å². The summed E-state index contributed by atoms with van der Waals surface area (Å²) in [7, 11) is 5.89. The first-order valence-corrected chi connectivity index (χ1v) is 9.22. The molecule has 0 spiro atoms. The normalized spacial score (nSPS) is 9.97. The van der Waals surface area contributed by atoms with Gasteiger partial charge in [0.15, 0.2) is 0 Å². The van der Waals surface area contributed by atoms with Crippen molar-refractivity contribution in [1.82, 2.24) is 14.8 Å². The number of carboxylic acid groups (broad SMARTS) is 1. The fraction of sp³-hybridized carbons (Fsp3) is 0.364. The van der Waals surface area contributed by atoms with Crippen LogP contribution in [0.4, 0.5) is 0 Å². The van der Waals surface area contributed by atoms with Crippen LogP contribution in [0, 0.1) is 25.2 Å². The zero-order valence-corrected chi connectivity index (χ0v) is 17.6. The summed E-state index contributed by atoms with van der Waals surface area (Å²) in [6, 6.07) is 11.6. The molecule has 0 aliphatic carbocycles. The first-order chi connectivity index (χ1) is 13.7.